The molecule has 0 spiro atoms. The Kier molecular flexibility index (Phi) is 2.59. The molecule has 0 fully saturated rings. The molecule has 1 atom stereocenters. The molecule has 0 radical (unpaired) electrons. The molecule has 0 aliphatic carbocycles. The first-order chi connectivity index (χ1) is 9.27. The summed E-state index contributed by atoms with van der Waals surface area (Å²) in [7, 11) is 0. The lowest BCUT2D eigenvalue weighted by atomic mass is 9.96. The van der Waals surface area contributed by atoms with Crippen molar-refractivity contribution >= 4 is 11.0 Å². The lowest BCUT2D eigenvalue weighted by Gasteiger charge is -2.24. The molecule has 0 unspecified atom stereocenters. The number of benzene rings is 1. The van der Waals surface area contributed by atoms with Crippen LogP contribution in [0.25, 0.3) is 11.0 Å². The van der Waals surface area contributed by atoms with Gasteiger partial charge >= 0.3 is 0 Å². The third kappa shape index (κ3) is 1.86. The quantitative estimate of drug-likeness (QED) is 0.831. The van der Waals surface area contributed by atoms with Crippen LogP contribution in [0.15, 0.2) is 21.3 Å². The maximum atomic E-state index is 12.0. The molecule has 1 aliphatic heterocycles. The van der Waals surface area contributed by atoms with Gasteiger partial charge in [-0.15, -0.1) is 0 Å². The van der Waals surface area contributed by atoms with Crippen LogP contribution in [0.2, 0.25) is 0 Å². The predicted molar refractivity (Wildman–Crippen MR) is 73.3 cm³/mol. The van der Waals surface area contributed by atoms with E-state index in [0.29, 0.717) is 29.1 Å². The summed E-state index contributed by atoms with van der Waals surface area (Å²) in [6.45, 7) is 4.97. The molecule has 20 heavy (non-hydrogen) atoms. The van der Waals surface area contributed by atoms with Gasteiger partial charge in [-0.3, -0.25) is 4.79 Å². The van der Waals surface area contributed by atoms with Crippen LogP contribution in [0.3, 0.4) is 0 Å². The fourth-order valence-corrected chi connectivity index (χ4v) is 2.52. The monoisotopic (exact) mass is 276 g/mol. The molecule has 5 nitrogen and oxygen atoms in total. The van der Waals surface area contributed by atoms with Crippen LogP contribution in [0.1, 0.15) is 25.2 Å². The maximum Gasteiger partial charge on any atom is 0.196 e. The van der Waals surface area contributed by atoms with Gasteiger partial charge in [0.15, 0.2) is 5.43 Å². The van der Waals surface area contributed by atoms with Gasteiger partial charge in [-0.1, -0.05) is 0 Å². The topological polar surface area (TPSA) is 79.9 Å². The second kappa shape index (κ2) is 3.99. The summed E-state index contributed by atoms with van der Waals surface area (Å²) in [4.78, 5) is 12.0. The molecule has 2 heterocycles. The number of phenols is 1. The smallest absolute Gasteiger partial charge is 0.196 e. The number of rotatable bonds is 1. The average molecular weight is 276 g/mol. The van der Waals surface area contributed by atoms with E-state index < -0.39 is 11.7 Å². The molecule has 0 saturated carbocycles. The van der Waals surface area contributed by atoms with E-state index >= 15 is 0 Å². The Bertz CT molecular complexity index is 751. The van der Waals surface area contributed by atoms with E-state index in [-0.39, 0.29) is 16.6 Å². The molecule has 0 bridgehead atoms. The first-order valence-corrected chi connectivity index (χ1v) is 6.45. The van der Waals surface area contributed by atoms with Gasteiger partial charge in [0.2, 0.25) is 0 Å². The van der Waals surface area contributed by atoms with Crippen LogP contribution >= 0.6 is 0 Å². The SMILES string of the molecule is Cc1cc(=O)c2c(O)c3c(cc2o1)O[C@H](C(C)(C)O)C3. The molecule has 1 aromatic carbocycles. The van der Waals surface area contributed by atoms with Crippen molar-refractivity contribution < 1.29 is 19.4 Å². The highest BCUT2D eigenvalue weighted by Gasteiger charge is 2.37. The normalized spacial score (nSPS) is 18.1. The average Bonchev–Trinajstić information content (AvgIpc) is 2.71. The lowest BCUT2D eigenvalue weighted by Crippen LogP contribution is -2.39. The van der Waals surface area contributed by atoms with E-state index in [9.17, 15) is 15.0 Å². The minimum Gasteiger partial charge on any atom is -0.507 e. The largest absolute Gasteiger partial charge is 0.507 e. The van der Waals surface area contributed by atoms with Gasteiger partial charge in [-0.2, -0.15) is 0 Å². The second-order valence-electron chi connectivity index (χ2n) is 5.76. The molecule has 2 aromatic rings. The molecule has 0 amide bonds. The fourth-order valence-electron chi connectivity index (χ4n) is 2.52. The van der Waals surface area contributed by atoms with Crippen LogP contribution in [-0.4, -0.2) is 21.9 Å². The van der Waals surface area contributed by atoms with Crippen molar-refractivity contribution in [2.45, 2.75) is 38.9 Å². The maximum absolute atomic E-state index is 12.0. The summed E-state index contributed by atoms with van der Waals surface area (Å²) in [5, 5.41) is 20.5. The Morgan fingerprint density at radius 3 is 2.70 bits per heavy atom. The second-order valence-corrected chi connectivity index (χ2v) is 5.76. The molecular weight excluding hydrogens is 260 g/mol. The summed E-state index contributed by atoms with van der Waals surface area (Å²) in [6, 6.07) is 2.95. The van der Waals surface area contributed by atoms with Gasteiger partial charge < -0.3 is 19.4 Å². The van der Waals surface area contributed by atoms with Gasteiger partial charge in [-0.05, 0) is 20.8 Å². The van der Waals surface area contributed by atoms with E-state index in [2.05, 4.69) is 0 Å². The number of fused-ring (bicyclic) bond motifs is 2. The van der Waals surface area contributed by atoms with Gasteiger partial charge in [0, 0.05) is 24.1 Å². The van der Waals surface area contributed by atoms with Gasteiger partial charge in [0.1, 0.15) is 34.3 Å². The van der Waals surface area contributed by atoms with Crippen LogP contribution < -0.4 is 10.2 Å². The molecule has 106 valence electrons. The minimum absolute atomic E-state index is 0.113. The predicted octanol–water partition coefficient (Wildman–Crippen LogP) is 1.88. The number of aromatic hydroxyl groups is 1. The Balaban J connectivity index is 2.23. The highest BCUT2D eigenvalue weighted by atomic mass is 16.5. The van der Waals surface area contributed by atoms with Crippen LogP contribution in [-0.2, 0) is 6.42 Å². The third-order valence-corrected chi connectivity index (χ3v) is 3.63. The van der Waals surface area contributed by atoms with E-state index in [1.54, 1.807) is 26.8 Å². The molecule has 1 aromatic heterocycles. The van der Waals surface area contributed by atoms with Crippen LogP contribution in [0, 0.1) is 6.92 Å². The van der Waals surface area contributed by atoms with Crippen molar-refractivity contribution in [3.63, 3.8) is 0 Å². The van der Waals surface area contributed by atoms with Crippen molar-refractivity contribution in [3.8, 4) is 11.5 Å². The Morgan fingerprint density at radius 1 is 1.35 bits per heavy atom. The zero-order valence-electron chi connectivity index (χ0n) is 11.6. The molecule has 0 saturated heterocycles. The third-order valence-electron chi connectivity index (χ3n) is 3.63. The first kappa shape index (κ1) is 13.0. The summed E-state index contributed by atoms with van der Waals surface area (Å²) in [5.41, 5.74) is -0.482. The Labute approximate surface area is 115 Å². The summed E-state index contributed by atoms with van der Waals surface area (Å²) < 4.78 is 11.1. The van der Waals surface area contributed by atoms with Crippen molar-refractivity contribution in [1.82, 2.24) is 0 Å². The Hall–Kier alpha value is -2.01. The summed E-state index contributed by atoms with van der Waals surface area (Å²) in [6.07, 6.45) is -0.107. The highest BCUT2D eigenvalue weighted by Crippen LogP contribution is 2.42. The zero-order valence-corrected chi connectivity index (χ0v) is 11.6. The summed E-state index contributed by atoms with van der Waals surface area (Å²) >= 11 is 0. The van der Waals surface area contributed by atoms with Gasteiger partial charge in [-0.25, -0.2) is 0 Å². The number of hydrogen-bond acceptors (Lipinski definition) is 5. The fraction of sp³-hybridized carbons (Fsp3) is 0.400. The van der Waals surface area contributed by atoms with E-state index in [0.717, 1.165) is 0 Å². The Morgan fingerprint density at radius 2 is 2.05 bits per heavy atom. The molecule has 2 N–H and O–H groups in total. The number of phenolic OH excluding ortho intramolecular Hbond substituents is 1. The number of aliphatic hydroxyl groups is 1. The van der Waals surface area contributed by atoms with E-state index in [4.69, 9.17) is 9.15 Å². The van der Waals surface area contributed by atoms with E-state index in [1.807, 2.05) is 0 Å². The highest BCUT2D eigenvalue weighted by molar-refractivity contribution is 5.87. The summed E-state index contributed by atoms with van der Waals surface area (Å²) in [5.74, 6) is 0.813. The van der Waals surface area contributed by atoms with Crippen LogP contribution in [0.4, 0.5) is 0 Å². The standard InChI is InChI=1S/C15H16O5/c1-7-4-9(16)13-11(19-7)6-10-8(14(13)17)5-12(20-10)15(2,3)18/h4,6,12,17-18H,5H2,1-3H3/t12-/m0/s1. The van der Waals surface area contributed by atoms with Crippen molar-refractivity contribution in [2.75, 3.05) is 0 Å². The molecular formula is C15H16O5. The van der Waals surface area contributed by atoms with Crippen molar-refractivity contribution in [3.05, 3.63) is 33.7 Å². The van der Waals surface area contributed by atoms with Crippen molar-refractivity contribution in [1.29, 1.82) is 0 Å². The zero-order chi connectivity index (χ0) is 14.7. The number of hydrogen-bond donors (Lipinski definition) is 2. The van der Waals surface area contributed by atoms with Crippen molar-refractivity contribution in [2.24, 2.45) is 0 Å². The molecule has 5 heteroatoms. The number of ether oxygens (including phenoxy) is 1. The molecule has 1 aliphatic rings. The van der Waals surface area contributed by atoms with Crippen LogP contribution in [0.5, 0.6) is 11.5 Å². The lowest BCUT2D eigenvalue weighted by molar-refractivity contribution is -0.0229. The number of aryl methyl sites for hydroxylation is 1. The van der Waals surface area contributed by atoms with E-state index in [1.165, 1.54) is 6.07 Å². The van der Waals surface area contributed by atoms with Gasteiger partial charge in [0.05, 0.1) is 5.60 Å². The van der Waals surface area contributed by atoms with Gasteiger partial charge in [0.25, 0.3) is 0 Å². The minimum atomic E-state index is -1.04. The first-order valence-electron chi connectivity index (χ1n) is 6.45. The molecule has 3 rings (SSSR count).